The van der Waals surface area contributed by atoms with Crippen molar-refractivity contribution in [2.75, 3.05) is 19.7 Å². The quantitative estimate of drug-likeness (QED) is 0.625. The van der Waals surface area contributed by atoms with Crippen molar-refractivity contribution in [1.82, 2.24) is 10.2 Å². The van der Waals surface area contributed by atoms with Crippen molar-refractivity contribution in [2.45, 2.75) is 33.2 Å². The lowest BCUT2D eigenvalue weighted by molar-refractivity contribution is -0.156. The molecule has 2 rings (SSSR count). The van der Waals surface area contributed by atoms with E-state index in [1.165, 1.54) is 6.08 Å². The van der Waals surface area contributed by atoms with E-state index in [9.17, 15) is 14.4 Å². The van der Waals surface area contributed by atoms with Crippen LogP contribution in [-0.4, -0.2) is 42.4 Å². The van der Waals surface area contributed by atoms with Gasteiger partial charge in [0.1, 0.15) is 0 Å². The molecule has 0 bridgehead atoms. The molecule has 0 aromatic heterocycles. The summed E-state index contributed by atoms with van der Waals surface area (Å²) in [5, 5.41) is 2.69. The Bertz CT molecular complexity index is 674. The highest BCUT2D eigenvalue weighted by Gasteiger charge is 2.39. The molecule has 26 heavy (non-hydrogen) atoms. The Morgan fingerprint density at radius 2 is 1.85 bits per heavy atom. The van der Waals surface area contributed by atoms with Crippen molar-refractivity contribution in [3.8, 4) is 0 Å². The number of nitrogens with one attached hydrogen (secondary N) is 1. The van der Waals surface area contributed by atoms with Gasteiger partial charge in [-0.1, -0.05) is 18.7 Å². The van der Waals surface area contributed by atoms with Crippen molar-refractivity contribution in [1.29, 1.82) is 0 Å². The molecule has 0 spiro atoms. The van der Waals surface area contributed by atoms with Crippen LogP contribution in [0.5, 0.6) is 0 Å². The minimum absolute atomic E-state index is 0.0439. The molecule has 0 atom stereocenters. The van der Waals surface area contributed by atoms with Crippen LogP contribution in [0.4, 0.5) is 0 Å². The van der Waals surface area contributed by atoms with Gasteiger partial charge >= 0.3 is 5.97 Å². The van der Waals surface area contributed by atoms with Crippen LogP contribution in [-0.2, 0) is 20.9 Å². The number of hydrogen-bond acceptors (Lipinski definition) is 4. The molecule has 0 unspecified atom stereocenters. The fourth-order valence-corrected chi connectivity index (χ4v) is 2.92. The number of esters is 1. The number of carbonyl (C=O) groups is 3. The number of likely N-dealkylation sites (tertiary alicyclic amines) is 1. The van der Waals surface area contributed by atoms with E-state index in [1.54, 1.807) is 24.0 Å². The molecule has 1 heterocycles. The predicted molar refractivity (Wildman–Crippen MR) is 98.4 cm³/mol. The standard InChI is InChI=1S/C20H26N2O4/c1-4-17(23)21-14-15-6-8-16(9-7-15)18(24)22-12-10-20(3,11-13-22)19(25)26-5-2/h4,6-9H,1,5,10-14H2,2-3H3,(H,21,23). The summed E-state index contributed by atoms with van der Waals surface area (Å²) in [6, 6.07) is 7.17. The normalized spacial score (nSPS) is 15.8. The van der Waals surface area contributed by atoms with Crippen LogP contribution < -0.4 is 5.32 Å². The molecule has 1 aromatic carbocycles. The Hall–Kier alpha value is -2.63. The maximum absolute atomic E-state index is 12.7. The first kappa shape index (κ1) is 19.7. The average molecular weight is 358 g/mol. The van der Waals surface area contributed by atoms with Crippen molar-refractivity contribution >= 4 is 17.8 Å². The Kier molecular flexibility index (Phi) is 6.55. The SMILES string of the molecule is C=CC(=O)NCc1ccc(C(=O)N2CCC(C)(C(=O)OCC)CC2)cc1. The van der Waals surface area contributed by atoms with Crippen LogP contribution in [0.3, 0.4) is 0 Å². The number of piperidine rings is 1. The van der Waals surface area contributed by atoms with Gasteiger partial charge in [-0.05, 0) is 50.5 Å². The molecule has 0 saturated carbocycles. The summed E-state index contributed by atoms with van der Waals surface area (Å²) in [6.45, 7) is 8.93. The number of benzene rings is 1. The highest BCUT2D eigenvalue weighted by Crippen LogP contribution is 2.32. The van der Waals surface area contributed by atoms with Gasteiger partial charge in [-0.25, -0.2) is 0 Å². The molecular formula is C20H26N2O4. The van der Waals surface area contributed by atoms with Gasteiger partial charge in [-0.15, -0.1) is 0 Å². The molecular weight excluding hydrogens is 332 g/mol. The maximum Gasteiger partial charge on any atom is 0.311 e. The Morgan fingerprint density at radius 3 is 2.38 bits per heavy atom. The molecule has 6 heteroatoms. The minimum atomic E-state index is -0.514. The third kappa shape index (κ3) is 4.71. The maximum atomic E-state index is 12.7. The van der Waals surface area contributed by atoms with Crippen LogP contribution >= 0.6 is 0 Å². The number of amides is 2. The van der Waals surface area contributed by atoms with Gasteiger partial charge in [-0.3, -0.25) is 14.4 Å². The van der Waals surface area contributed by atoms with Crippen LogP contribution in [0.15, 0.2) is 36.9 Å². The van der Waals surface area contributed by atoms with Gasteiger partial charge in [0.25, 0.3) is 5.91 Å². The Labute approximate surface area is 154 Å². The van der Waals surface area contributed by atoms with E-state index < -0.39 is 5.41 Å². The van der Waals surface area contributed by atoms with Crippen molar-refractivity contribution in [3.63, 3.8) is 0 Å². The smallest absolute Gasteiger partial charge is 0.311 e. The zero-order chi connectivity index (χ0) is 19.2. The lowest BCUT2D eigenvalue weighted by Gasteiger charge is -2.37. The molecule has 6 nitrogen and oxygen atoms in total. The number of rotatable bonds is 6. The van der Waals surface area contributed by atoms with Crippen LogP contribution in [0.25, 0.3) is 0 Å². The number of hydrogen-bond donors (Lipinski definition) is 1. The monoisotopic (exact) mass is 358 g/mol. The fourth-order valence-electron chi connectivity index (χ4n) is 2.92. The van der Waals surface area contributed by atoms with Crippen molar-refractivity contribution < 1.29 is 19.1 Å². The number of carbonyl (C=O) groups excluding carboxylic acids is 3. The summed E-state index contributed by atoms with van der Waals surface area (Å²) >= 11 is 0. The van der Waals surface area contributed by atoms with E-state index in [1.807, 2.05) is 19.1 Å². The Balaban J connectivity index is 1.93. The Morgan fingerprint density at radius 1 is 1.23 bits per heavy atom. The molecule has 1 saturated heterocycles. The minimum Gasteiger partial charge on any atom is -0.466 e. The second kappa shape index (κ2) is 8.65. The van der Waals surface area contributed by atoms with Crippen LogP contribution in [0.2, 0.25) is 0 Å². The lowest BCUT2D eigenvalue weighted by Crippen LogP contribution is -2.45. The molecule has 0 aliphatic carbocycles. The topological polar surface area (TPSA) is 75.7 Å². The van der Waals surface area contributed by atoms with Gasteiger partial charge in [0.2, 0.25) is 5.91 Å². The summed E-state index contributed by atoms with van der Waals surface area (Å²) in [4.78, 5) is 37.7. The van der Waals surface area contributed by atoms with E-state index in [0.717, 1.165) is 5.56 Å². The molecule has 1 aliphatic heterocycles. The van der Waals surface area contributed by atoms with Crippen molar-refractivity contribution in [3.05, 3.63) is 48.0 Å². The number of ether oxygens (including phenoxy) is 1. The molecule has 140 valence electrons. The largest absolute Gasteiger partial charge is 0.466 e. The third-order valence-corrected chi connectivity index (χ3v) is 4.78. The van der Waals surface area contributed by atoms with Gasteiger partial charge in [0.05, 0.1) is 12.0 Å². The second-order valence-electron chi connectivity index (χ2n) is 6.69. The van der Waals surface area contributed by atoms with E-state index >= 15 is 0 Å². The first-order valence-electron chi connectivity index (χ1n) is 8.85. The van der Waals surface area contributed by atoms with Crippen LogP contribution in [0, 0.1) is 5.41 Å². The van der Waals surface area contributed by atoms with Gasteiger partial charge in [0.15, 0.2) is 0 Å². The average Bonchev–Trinajstić information content (AvgIpc) is 2.66. The van der Waals surface area contributed by atoms with Gasteiger partial charge < -0.3 is 15.0 Å². The predicted octanol–water partition coefficient (Wildman–Crippen LogP) is 2.29. The van der Waals surface area contributed by atoms with E-state index in [-0.39, 0.29) is 17.8 Å². The molecule has 1 aromatic rings. The lowest BCUT2D eigenvalue weighted by atomic mass is 9.80. The molecule has 1 N–H and O–H groups in total. The summed E-state index contributed by atoms with van der Waals surface area (Å²) in [6.07, 6.45) is 2.42. The highest BCUT2D eigenvalue weighted by molar-refractivity contribution is 5.94. The van der Waals surface area contributed by atoms with Crippen molar-refractivity contribution in [2.24, 2.45) is 5.41 Å². The van der Waals surface area contributed by atoms with Gasteiger partial charge in [0, 0.05) is 25.2 Å². The second-order valence-corrected chi connectivity index (χ2v) is 6.69. The first-order valence-corrected chi connectivity index (χ1v) is 8.85. The van der Waals surface area contributed by atoms with E-state index in [0.29, 0.717) is 44.6 Å². The zero-order valence-corrected chi connectivity index (χ0v) is 15.4. The summed E-state index contributed by atoms with van der Waals surface area (Å²) in [5.74, 6) is -0.460. The first-order chi connectivity index (χ1) is 12.4. The fraction of sp³-hybridized carbons (Fsp3) is 0.450. The third-order valence-electron chi connectivity index (χ3n) is 4.78. The van der Waals surface area contributed by atoms with Gasteiger partial charge in [-0.2, -0.15) is 0 Å². The molecule has 0 radical (unpaired) electrons. The molecule has 1 fully saturated rings. The van der Waals surface area contributed by atoms with E-state index in [4.69, 9.17) is 4.74 Å². The van der Waals surface area contributed by atoms with E-state index in [2.05, 4.69) is 11.9 Å². The molecule has 1 aliphatic rings. The zero-order valence-electron chi connectivity index (χ0n) is 15.4. The van der Waals surface area contributed by atoms with Crippen LogP contribution in [0.1, 0.15) is 42.6 Å². The summed E-state index contributed by atoms with van der Waals surface area (Å²) in [7, 11) is 0. The summed E-state index contributed by atoms with van der Waals surface area (Å²) in [5.41, 5.74) is 0.994. The molecule has 2 amide bonds. The highest BCUT2D eigenvalue weighted by atomic mass is 16.5. The number of nitrogens with zero attached hydrogens (tertiary/aromatic N) is 1. The summed E-state index contributed by atoms with van der Waals surface area (Å²) < 4.78 is 5.15.